The average Bonchev–Trinajstić information content (AvgIpc) is 2.52. The minimum Gasteiger partial charge on any atom is -0.356 e. The van der Waals surface area contributed by atoms with E-state index < -0.39 is 12.6 Å². The number of hydrogen-bond donors (Lipinski definition) is 2. The maximum absolute atomic E-state index is 12.1. The van der Waals surface area contributed by atoms with Crippen LogP contribution in [0, 0.1) is 0 Å². The first-order valence-corrected chi connectivity index (χ1v) is 7.98. The number of nitrogens with zero attached hydrogens (tertiary/aromatic N) is 1. The van der Waals surface area contributed by atoms with Crippen LogP contribution >= 0.6 is 0 Å². The lowest BCUT2D eigenvalue weighted by molar-refractivity contribution is -0.135. The monoisotopic (exact) mass is 329 g/mol. The number of unbranched alkanes of at least 4 members (excludes halogenated alkanes) is 1. The van der Waals surface area contributed by atoms with Crippen LogP contribution in [-0.2, 0) is 6.42 Å². The molecule has 0 aliphatic rings. The number of aryl methyl sites for hydroxylation is 1. The third-order valence-corrected chi connectivity index (χ3v) is 3.64. The van der Waals surface area contributed by atoms with Gasteiger partial charge in [0.1, 0.15) is 0 Å². The number of aliphatic imine (C=N–C) groups is 1. The fourth-order valence-electron chi connectivity index (χ4n) is 2.18. The minimum atomic E-state index is -4.07. The van der Waals surface area contributed by atoms with Crippen LogP contribution < -0.4 is 10.6 Å². The summed E-state index contributed by atoms with van der Waals surface area (Å²) in [5.41, 5.74) is 2.43. The lowest BCUT2D eigenvalue weighted by Crippen LogP contribution is -2.39. The molecular weight excluding hydrogens is 303 g/mol. The summed E-state index contributed by atoms with van der Waals surface area (Å²) in [5.74, 6) is 0.601. The van der Waals surface area contributed by atoms with Gasteiger partial charge in [-0.05, 0) is 37.3 Å². The molecule has 1 atom stereocenters. The summed E-state index contributed by atoms with van der Waals surface area (Å²) in [6.45, 7) is 4.61. The maximum Gasteiger partial charge on any atom is 0.389 e. The molecule has 0 aliphatic carbocycles. The van der Waals surface area contributed by atoms with Crippen molar-refractivity contribution in [3.8, 4) is 0 Å². The van der Waals surface area contributed by atoms with Crippen molar-refractivity contribution in [2.45, 2.75) is 51.7 Å². The van der Waals surface area contributed by atoms with Gasteiger partial charge < -0.3 is 10.6 Å². The van der Waals surface area contributed by atoms with Crippen molar-refractivity contribution in [1.29, 1.82) is 0 Å². The van der Waals surface area contributed by atoms with Gasteiger partial charge in [-0.3, -0.25) is 4.99 Å². The molecule has 130 valence electrons. The van der Waals surface area contributed by atoms with E-state index in [4.69, 9.17) is 0 Å². The van der Waals surface area contributed by atoms with Gasteiger partial charge in [0.25, 0.3) is 0 Å². The van der Waals surface area contributed by atoms with Crippen LogP contribution in [0.25, 0.3) is 0 Å². The Bertz CT molecular complexity index is 481. The van der Waals surface area contributed by atoms with E-state index in [0.717, 1.165) is 12.0 Å². The predicted octanol–water partition coefficient (Wildman–Crippen LogP) is 4.21. The van der Waals surface area contributed by atoms with E-state index in [1.54, 1.807) is 7.05 Å². The molecule has 1 unspecified atom stereocenters. The molecule has 1 aromatic rings. The highest BCUT2D eigenvalue weighted by Crippen LogP contribution is 2.21. The smallest absolute Gasteiger partial charge is 0.356 e. The molecule has 0 aliphatic heterocycles. The number of nitrogens with one attached hydrogen (secondary N) is 2. The molecule has 3 nitrogen and oxygen atoms in total. The van der Waals surface area contributed by atoms with Crippen molar-refractivity contribution in [3.05, 3.63) is 35.4 Å². The van der Waals surface area contributed by atoms with Crippen molar-refractivity contribution in [2.24, 2.45) is 4.99 Å². The number of hydrogen-bond acceptors (Lipinski definition) is 1. The van der Waals surface area contributed by atoms with E-state index in [9.17, 15) is 13.2 Å². The highest BCUT2D eigenvalue weighted by atomic mass is 19.4. The van der Waals surface area contributed by atoms with Crippen LogP contribution in [-0.4, -0.2) is 25.7 Å². The average molecular weight is 329 g/mol. The highest BCUT2D eigenvalue weighted by molar-refractivity contribution is 5.80. The molecule has 0 amide bonds. The zero-order valence-electron chi connectivity index (χ0n) is 14.0. The van der Waals surface area contributed by atoms with Crippen LogP contribution in [0.4, 0.5) is 13.2 Å². The number of guanidine groups is 1. The Morgan fingerprint density at radius 1 is 1.17 bits per heavy atom. The van der Waals surface area contributed by atoms with E-state index in [2.05, 4.69) is 46.8 Å². The molecule has 1 rings (SSSR count). The Labute approximate surface area is 136 Å². The summed E-state index contributed by atoms with van der Waals surface area (Å²) >= 11 is 0. The summed E-state index contributed by atoms with van der Waals surface area (Å²) in [6, 6.07) is 8.42. The maximum atomic E-state index is 12.1. The van der Waals surface area contributed by atoms with Crippen molar-refractivity contribution >= 4 is 5.96 Å². The third kappa shape index (κ3) is 7.90. The van der Waals surface area contributed by atoms with E-state index in [-0.39, 0.29) is 12.5 Å². The lowest BCUT2D eigenvalue weighted by Gasteiger charge is -2.18. The van der Waals surface area contributed by atoms with Crippen molar-refractivity contribution in [2.75, 3.05) is 13.6 Å². The van der Waals surface area contributed by atoms with Crippen molar-refractivity contribution in [3.63, 3.8) is 0 Å². The fraction of sp³-hybridized carbons (Fsp3) is 0.588. The second-order valence-electron chi connectivity index (χ2n) is 5.53. The largest absolute Gasteiger partial charge is 0.389 e. The number of alkyl halides is 3. The van der Waals surface area contributed by atoms with E-state index in [1.807, 2.05) is 6.92 Å². The first-order chi connectivity index (χ1) is 10.9. The van der Waals surface area contributed by atoms with Gasteiger partial charge in [-0.25, -0.2) is 0 Å². The van der Waals surface area contributed by atoms with Crippen LogP contribution in [0.15, 0.2) is 29.3 Å². The summed E-state index contributed by atoms with van der Waals surface area (Å²) in [5, 5.41) is 6.29. The SMILES string of the molecule is CCc1ccc(C(C)NC(=NC)NCCCCC(F)(F)F)cc1. The van der Waals surface area contributed by atoms with Crippen molar-refractivity contribution in [1.82, 2.24) is 10.6 Å². The second kappa shape index (κ2) is 9.43. The van der Waals surface area contributed by atoms with Gasteiger partial charge in [-0.2, -0.15) is 13.2 Å². The second-order valence-corrected chi connectivity index (χ2v) is 5.53. The topological polar surface area (TPSA) is 36.4 Å². The Hall–Kier alpha value is -1.72. The molecule has 2 N–H and O–H groups in total. The molecule has 23 heavy (non-hydrogen) atoms. The Morgan fingerprint density at radius 2 is 1.83 bits per heavy atom. The molecule has 0 aromatic heterocycles. The van der Waals surface area contributed by atoms with E-state index >= 15 is 0 Å². The Kier molecular flexibility index (Phi) is 7.92. The molecular formula is C17H26F3N3. The van der Waals surface area contributed by atoms with E-state index in [1.165, 1.54) is 5.56 Å². The minimum absolute atomic E-state index is 0.0716. The molecule has 0 spiro atoms. The zero-order chi connectivity index (χ0) is 17.3. The summed E-state index contributed by atoms with van der Waals surface area (Å²) in [6.07, 6.45) is -3.22. The summed E-state index contributed by atoms with van der Waals surface area (Å²) in [7, 11) is 1.65. The van der Waals surface area contributed by atoms with Gasteiger partial charge in [-0.1, -0.05) is 31.2 Å². The number of halogens is 3. The quantitative estimate of drug-likeness (QED) is 0.447. The summed E-state index contributed by atoms with van der Waals surface area (Å²) in [4.78, 5) is 4.11. The molecule has 0 radical (unpaired) electrons. The van der Waals surface area contributed by atoms with Crippen molar-refractivity contribution < 1.29 is 13.2 Å². The van der Waals surface area contributed by atoms with Crippen LogP contribution in [0.2, 0.25) is 0 Å². The predicted molar refractivity (Wildman–Crippen MR) is 88.6 cm³/mol. The van der Waals surface area contributed by atoms with Gasteiger partial charge in [0.2, 0.25) is 0 Å². The van der Waals surface area contributed by atoms with E-state index in [0.29, 0.717) is 18.9 Å². The molecule has 0 saturated carbocycles. The number of benzene rings is 1. The van der Waals surface area contributed by atoms with Gasteiger partial charge in [-0.15, -0.1) is 0 Å². The molecule has 6 heteroatoms. The van der Waals surface area contributed by atoms with Crippen LogP contribution in [0.3, 0.4) is 0 Å². The zero-order valence-corrected chi connectivity index (χ0v) is 14.0. The van der Waals surface area contributed by atoms with Gasteiger partial charge >= 0.3 is 6.18 Å². The molecule has 0 fully saturated rings. The molecule has 0 bridgehead atoms. The Balaban J connectivity index is 2.37. The first-order valence-electron chi connectivity index (χ1n) is 7.98. The van der Waals surface area contributed by atoms with Crippen LogP contribution in [0.5, 0.6) is 0 Å². The third-order valence-electron chi connectivity index (χ3n) is 3.64. The standard InChI is InChI=1S/C17H26F3N3/c1-4-14-7-9-15(10-8-14)13(2)23-16(21-3)22-12-6-5-11-17(18,19)20/h7-10,13H,4-6,11-12H2,1-3H3,(H2,21,22,23). The fourth-order valence-corrected chi connectivity index (χ4v) is 2.18. The lowest BCUT2D eigenvalue weighted by atomic mass is 10.1. The molecule has 0 saturated heterocycles. The summed E-state index contributed by atoms with van der Waals surface area (Å²) < 4.78 is 36.2. The van der Waals surface area contributed by atoms with Gasteiger partial charge in [0.15, 0.2) is 5.96 Å². The molecule has 0 heterocycles. The highest BCUT2D eigenvalue weighted by Gasteiger charge is 2.25. The van der Waals surface area contributed by atoms with Gasteiger partial charge in [0.05, 0.1) is 6.04 Å². The molecule has 1 aromatic carbocycles. The normalized spacial score (nSPS) is 13.7. The first kappa shape index (κ1) is 19.3. The Morgan fingerprint density at radius 3 is 2.35 bits per heavy atom. The number of rotatable bonds is 7. The van der Waals surface area contributed by atoms with Crippen LogP contribution in [0.1, 0.15) is 50.3 Å². The van der Waals surface area contributed by atoms with Gasteiger partial charge in [0, 0.05) is 20.0 Å².